The molecule has 1 aliphatic carbocycles. The Balaban J connectivity index is 1.30. The minimum Gasteiger partial charge on any atom is -0.489 e. The van der Waals surface area contributed by atoms with Gasteiger partial charge in [0, 0.05) is 6.42 Å². The first-order valence-corrected chi connectivity index (χ1v) is 18.2. The number of nitrogens with one attached hydrogen (secondary N) is 2. The fourth-order valence-corrected chi connectivity index (χ4v) is 6.66. The highest BCUT2D eigenvalue weighted by atomic mass is 16.5. The molecule has 51 heavy (non-hydrogen) atoms. The predicted octanol–water partition coefficient (Wildman–Crippen LogP) is 7.06. The summed E-state index contributed by atoms with van der Waals surface area (Å²) in [5.41, 5.74) is 2.42. The van der Waals surface area contributed by atoms with Crippen LogP contribution in [0.15, 0.2) is 110 Å². The number of esters is 1. The zero-order valence-corrected chi connectivity index (χ0v) is 29.8. The molecule has 0 aromatic heterocycles. The fraction of sp³-hybridized carbons (Fsp3) is 0.419. The van der Waals surface area contributed by atoms with Gasteiger partial charge in [0.1, 0.15) is 19.0 Å². The summed E-state index contributed by atoms with van der Waals surface area (Å²) in [4.78, 5) is 40.3. The van der Waals surface area contributed by atoms with E-state index < -0.39 is 17.5 Å². The van der Waals surface area contributed by atoms with Gasteiger partial charge in [-0.1, -0.05) is 97.8 Å². The summed E-state index contributed by atoms with van der Waals surface area (Å²) in [5, 5.41) is 16.2. The molecule has 0 unspecified atom stereocenters. The molecule has 0 spiro atoms. The van der Waals surface area contributed by atoms with Gasteiger partial charge in [-0.15, -0.1) is 13.2 Å². The SMILES string of the molecule is C=CCCC[C@H](Cc1ccccc1)C(=O)OCC1(NC(=O)[C@@H](CC=C)CC(=O)N[C@H](CO)Cc2ccc(OCc3ccccc3)cc2)CCCC1. The first-order valence-electron chi connectivity index (χ1n) is 18.2. The Labute approximate surface area is 303 Å². The van der Waals surface area contributed by atoms with Crippen molar-refractivity contribution in [3.05, 3.63) is 127 Å². The number of benzene rings is 3. The number of amides is 2. The lowest BCUT2D eigenvalue weighted by molar-refractivity contribution is -0.152. The van der Waals surface area contributed by atoms with E-state index in [2.05, 4.69) is 23.8 Å². The third-order valence-corrected chi connectivity index (χ3v) is 9.55. The van der Waals surface area contributed by atoms with Crippen LogP contribution in [0.1, 0.15) is 74.5 Å². The molecule has 3 N–H and O–H groups in total. The van der Waals surface area contributed by atoms with Crippen molar-refractivity contribution < 1.29 is 29.0 Å². The van der Waals surface area contributed by atoms with Crippen LogP contribution in [0.3, 0.4) is 0 Å². The molecule has 0 aliphatic heterocycles. The smallest absolute Gasteiger partial charge is 0.309 e. The van der Waals surface area contributed by atoms with Gasteiger partial charge in [-0.25, -0.2) is 0 Å². The monoisotopic (exact) mass is 694 g/mol. The first-order chi connectivity index (χ1) is 24.8. The molecule has 4 rings (SSSR count). The van der Waals surface area contributed by atoms with Crippen LogP contribution in [-0.4, -0.2) is 47.7 Å². The van der Waals surface area contributed by atoms with Crippen molar-refractivity contribution in [3.8, 4) is 5.75 Å². The Morgan fingerprint density at radius 2 is 1.47 bits per heavy atom. The van der Waals surface area contributed by atoms with Gasteiger partial charge < -0.3 is 25.2 Å². The van der Waals surface area contributed by atoms with Gasteiger partial charge in [-0.2, -0.15) is 0 Å². The normalized spacial score (nSPS) is 15.2. The summed E-state index contributed by atoms with van der Waals surface area (Å²) < 4.78 is 11.8. The second kappa shape index (κ2) is 20.9. The first kappa shape index (κ1) is 39.1. The Bertz CT molecular complexity index is 1520. The summed E-state index contributed by atoms with van der Waals surface area (Å²) in [5.74, 6) is -1.05. The van der Waals surface area contributed by atoms with E-state index in [1.165, 1.54) is 0 Å². The zero-order chi connectivity index (χ0) is 36.3. The number of carbonyl (C=O) groups is 3. The Morgan fingerprint density at radius 1 is 0.824 bits per heavy atom. The van der Waals surface area contributed by atoms with E-state index in [4.69, 9.17) is 9.47 Å². The van der Waals surface area contributed by atoms with Crippen LogP contribution < -0.4 is 15.4 Å². The lowest BCUT2D eigenvalue weighted by Gasteiger charge is -2.32. The van der Waals surface area contributed by atoms with Crippen LogP contribution in [0, 0.1) is 11.8 Å². The molecule has 1 saturated carbocycles. The molecule has 1 fully saturated rings. The largest absolute Gasteiger partial charge is 0.489 e. The molecule has 1 aliphatic rings. The van der Waals surface area contributed by atoms with Crippen molar-refractivity contribution in [3.63, 3.8) is 0 Å². The van der Waals surface area contributed by atoms with Gasteiger partial charge in [0.05, 0.1) is 30.0 Å². The number of ether oxygens (including phenoxy) is 2. The van der Waals surface area contributed by atoms with Crippen LogP contribution in [0.5, 0.6) is 5.75 Å². The highest BCUT2D eigenvalue weighted by Gasteiger charge is 2.39. The zero-order valence-electron chi connectivity index (χ0n) is 29.8. The van der Waals surface area contributed by atoms with Crippen LogP contribution in [-0.2, 0) is 38.6 Å². The van der Waals surface area contributed by atoms with Crippen molar-refractivity contribution >= 4 is 17.8 Å². The Kier molecular flexibility index (Phi) is 16.0. The molecule has 3 aromatic rings. The molecule has 0 saturated heterocycles. The summed E-state index contributed by atoms with van der Waals surface area (Å²) in [7, 11) is 0. The number of carbonyl (C=O) groups excluding carboxylic acids is 3. The van der Waals surface area contributed by atoms with Gasteiger partial charge in [0.25, 0.3) is 0 Å². The third kappa shape index (κ3) is 13.2. The maximum atomic E-state index is 13.7. The molecule has 2 amide bonds. The lowest BCUT2D eigenvalue weighted by Crippen LogP contribution is -2.53. The number of aliphatic hydroxyl groups excluding tert-OH is 1. The number of hydrogen-bond donors (Lipinski definition) is 3. The molecule has 3 aromatic carbocycles. The standard InChI is InChI=1S/C43H54N2O6/c1-3-5-8-20-37(27-33-16-9-6-10-17-33)42(49)51-32-43(25-13-14-26-43)45-41(48)36(15-4-2)29-40(47)44-38(30-46)28-34-21-23-39(24-22-34)50-31-35-18-11-7-12-19-35/h3-4,6-7,9-12,16-19,21-24,36-38,46H,1-2,5,8,13-15,20,25-32H2,(H,44,47)(H,45,48)/t36-,37+,38-/m0/s1. The van der Waals surface area contributed by atoms with E-state index in [0.717, 1.165) is 48.1 Å². The number of unbranched alkanes of at least 4 members (excludes halogenated alkanes) is 1. The molecule has 0 bridgehead atoms. The van der Waals surface area contributed by atoms with Gasteiger partial charge in [0.2, 0.25) is 11.8 Å². The highest BCUT2D eigenvalue weighted by molar-refractivity contribution is 5.86. The van der Waals surface area contributed by atoms with Crippen LogP contribution in [0.4, 0.5) is 0 Å². The maximum absolute atomic E-state index is 13.7. The third-order valence-electron chi connectivity index (χ3n) is 9.55. The van der Waals surface area contributed by atoms with E-state index in [1.807, 2.05) is 91.0 Å². The number of allylic oxidation sites excluding steroid dienone is 2. The van der Waals surface area contributed by atoms with Crippen molar-refractivity contribution in [1.29, 1.82) is 0 Å². The molecule has 8 nitrogen and oxygen atoms in total. The van der Waals surface area contributed by atoms with Gasteiger partial charge in [-0.3, -0.25) is 14.4 Å². The van der Waals surface area contributed by atoms with Crippen molar-refractivity contribution in [2.75, 3.05) is 13.2 Å². The molecule has 0 heterocycles. The second-order valence-electron chi connectivity index (χ2n) is 13.7. The topological polar surface area (TPSA) is 114 Å². The second-order valence-corrected chi connectivity index (χ2v) is 13.7. The molecule has 3 atom stereocenters. The quantitative estimate of drug-likeness (QED) is 0.0590. The minimum atomic E-state index is -0.675. The van der Waals surface area contributed by atoms with Gasteiger partial charge >= 0.3 is 5.97 Å². The maximum Gasteiger partial charge on any atom is 0.309 e. The molecular formula is C43H54N2O6. The summed E-state index contributed by atoms with van der Waals surface area (Å²) in [6.07, 6.45) is 10.4. The number of aliphatic hydroxyl groups is 1. The predicted molar refractivity (Wildman–Crippen MR) is 201 cm³/mol. The van der Waals surface area contributed by atoms with E-state index in [-0.39, 0.29) is 43.3 Å². The summed E-state index contributed by atoms with van der Waals surface area (Å²) in [6, 6.07) is 26.9. The highest BCUT2D eigenvalue weighted by Crippen LogP contribution is 2.31. The van der Waals surface area contributed by atoms with E-state index in [1.54, 1.807) is 6.08 Å². The van der Waals surface area contributed by atoms with Crippen molar-refractivity contribution in [1.82, 2.24) is 10.6 Å². The lowest BCUT2D eigenvalue weighted by atomic mass is 9.93. The van der Waals surface area contributed by atoms with E-state index in [0.29, 0.717) is 45.1 Å². The van der Waals surface area contributed by atoms with Gasteiger partial charge in [0.15, 0.2) is 0 Å². The van der Waals surface area contributed by atoms with Gasteiger partial charge in [-0.05, 0) is 80.2 Å². The number of hydrogen-bond acceptors (Lipinski definition) is 6. The summed E-state index contributed by atoms with van der Waals surface area (Å²) in [6.45, 7) is 7.94. The van der Waals surface area contributed by atoms with Crippen molar-refractivity contribution in [2.45, 2.75) is 88.8 Å². The van der Waals surface area contributed by atoms with Crippen LogP contribution in [0.25, 0.3) is 0 Å². The minimum absolute atomic E-state index is 0.0566. The van der Waals surface area contributed by atoms with E-state index >= 15 is 0 Å². The molecular weight excluding hydrogens is 640 g/mol. The Morgan fingerprint density at radius 3 is 2.10 bits per heavy atom. The van der Waals surface area contributed by atoms with Crippen LogP contribution >= 0.6 is 0 Å². The molecule has 8 heteroatoms. The fourth-order valence-electron chi connectivity index (χ4n) is 6.66. The molecule has 0 radical (unpaired) electrons. The number of rotatable bonds is 22. The van der Waals surface area contributed by atoms with E-state index in [9.17, 15) is 19.5 Å². The van der Waals surface area contributed by atoms with Crippen LogP contribution in [0.2, 0.25) is 0 Å². The average molecular weight is 695 g/mol. The average Bonchev–Trinajstić information content (AvgIpc) is 3.62. The Hall–Kier alpha value is -4.69. The summed E-state index contributed by atoms with van der Waals surface area (Å²) >= 11 is 0. The van der Waals surface area contributed by atoms with Crippen molar-refractivity contribution in [2.24, 2.45) is 11.8 Å². The molecule has 272 valence electrons.